The van der Waals surface area contributed by atoms with Crippen molar-refractivity contribution in [2.45, 2.75) is 19.9 Å². The summed E-state index contributed by atoms with van der Waals surface area (Å²) in [6.45, 7) is 4.80. The number of rotatable bonds is 7. The second-order valence-electron chi connectivity index (χ2n) is 3.52. The van der Waals surface area contributed by atoms with Gasteiger partial charge in [-0.25, -0.2) is 4.39 Å². The molecule has 0 aliphatic carbocycles. The van der Waals surface area contributed by atoms with Gasteiger partial charge in [0.25, 0.3) is 0 Å². The van der Waals surface area contributed by atoms with Gasteiger partial charge in [0.15, 0.2) is 0 Å². The summed E-state index contributed by atoms with van der Waals surface area (Å²) in [5.41, 5.74) is 0.671. The summed E-state index contributed by atoms with van der Waals surface area (Å²) in [6.07, 6.45) is 1.03. The molecule has 16 heavy (non-hydrogen) atoms. The zero-order valence-corrected chi connectivity index (χ0v) is 11.0. The largest absolute Gasteiger partial charge is 0.380 e. The van der Waals surface area contributed by atoms with Crippen molar-refractivity contribution in [3.8, 4) is 0 Å². The summed E-state index contributed by atoms with van der Waals surface area (Å²) in [7, 11) is 0. The first-order chi connectivity index (χ1) is 7.74. The van der Waals surface area contributed by atoms with E-state index in [9.17, 15) is 4.39 Å². The third kappa shape index (κ3) is 5.05. The summed E-state index contributed by atoms with van der Waals surface area (Å²) in [6, 6.07) is 4.95. The van der Waals surface area contributed by atoms with Gasteiger partial charge < -0.3 is 10.1 Å². The first kappa shape index (κ1) is 13.6. The van der Waals surface area contributed by atoms with E-state index in [0.29, 0.717) is 18.7 Å². The van der Waals surface area contributed by atoms with Crippen LogP contribution in [0, 0.1) is 5.82 Å². The number of hydrogen-bond acceptors (Lipinski definition) is 2. The minimum atomic E-state index is -0.176. The van der Waals surface area contributed by atoms with Gasteiger partial charge >= 0.3 is 0 Å². The average molecular weight is 290 g/mol. The predicted octanol–water partition coefficient (Wildman–Crippen LogP) is 3.10. The summed E-state index contributed by atoms with van der Waals surface area (Å²) in [4.78, 5) is 0. The molecular weight excluding hydrogens is 273 g/mol. The molecule has 90 valence electrons. The lowest BCUT2D eigenvalue weighted by atomic mass is 10.2. The fourth-order valence-corrected chi connectivity index (χ4v) is 1.70. The SMILES string of the molecule is CCCOCCNCc1cc(Br)ccc1F. The normalized spacial score (nSPS) is 10.7. The highest BCUT2D eigenvalue weighted by Crippen LogP contribution is 2.15. The van der Waals surface area contributed by atoms with Crippen LogP contribution in [0.1, 0.15) is 18.9 Å². The Labute approximate surface area is 104 Å². The van der Waals surface area contributed by atoms with Crippen molar-refractivity contribution in [1.82, 2.24) is 5.32 Å². The third-order valence-corrected chi connectivity index (χ3v) is 2.59. The van der Waals surface area contributed by atoms with Crippen molar-refractivity contribution in [2.24, 2.45) is 0 Å². The van der Waals surface area contributed by atoms with Crippen molar-refractivity contribution < 1.29 is 9.13 Å². The predicted molar refractivity (Wildman–Crippen MR) is 66.9 cm³/mol. The molecule has 0 spiro atoms. The highest BCUT2D eigenvalue weighted by atomic mass is 79.9. The average Bonchev–Trinajstić information content (AvgIpc) is 2.28. The van der Waals surface area contributed by atoms with E-state index in [0.717, 1.165) is 24.0 Å². The number of halogens is 2. The summed E-state index contributed by atoms with van der Waals surface area (Å²) in [5, 5.41) is 3.14. The number of nitrogens with one attached hydrogen (secondary N) is 1. The summed E-state index contributed by atoms with van der Waals surface area (Å²) < 4.78 is 19.5. The van der Waals surface area contributed by atoms with Gasteiger partial charge in [-0.3, -0.25) is 0 Å². The molecule has 0 amide bonds. The fourth-order valence-electron chi connectivity index (χ4n) is 1.29. The van der Waals surface area contributed by atoms with E-state index in [4.69, 9.17) is 4.74 Å². The van der Waals surface area contributed by atoms with Crippen LogP contribution in [0.15, 0.2) is 22.7 Å². The molecule has 1 N–H and O–H groups in total. The first-order valence-corrected chi connectivity index (χ1v) is 6.25. The molecule has 0 unspecified atom stereocenters. The van der Waals surface area contributed by atoms with Gasteiger partial charge in [-0.1, -0.05) is 22.9 Å². The van der Waals surface area contributed by atoms with Gasteiger partial charge in [-0.15, -0.1) is 0 Å². The van der Waals surface area contributed by atoms with Gasteiger partial charge in [0.1, 0.15) is 5.82 Å². The minimum absolute atomic E-state index is 0.176. The molecule has 4 heteroatoms. The Bertz CT molecular complexity index is 320. The Morgan fingerprint density at radius 3 is 2.94 bits per heavy atom. The Morgan fingerprint density at radius 2 is 2.19 bits per heavy atom. The number of benzene rings is 1. The number of hydrogen-bond donors (Lipinski definition) is 1. The molecule has 0 aromatic heterocycles. The van der Waals surface area contributed by atoms with Crippen LogP contribution in [0.25, 0.3) is 0 Å². The minimum Gasteiger partial charge on any atom is -0.380 e. The molecule has 0 fully saturated rings. The van der Waals surface area contributed by atoms with Crippen molar-refractivity contribution in [3.05, 3.63) is 34.1 Å². The van der Waals surface area contributed by atoms with E-state index < -0.39 is 0 Å². The van der Waals surface area contributed by atoms with Crippen molar-refractivity contribution in [2.75, 3.05) is 19.8 Å². The lowest BCUT2D eigenvalue weighted by molar-refractivity contribution is 0.136. The van der Waals surface area contributed by atoms with E-state index >= 15 is 0 Å². The number of ether oxygens (including phenoxy) is 1. The van der Waals surface area contributed by atoms with Crippen LogP contribution < -0.4 is 5.32 Å². The maximum atomic E-state index is 13.3. The third-order valence-electron chi connectivity index (χ3n) is 2.09. The standard InChI is InChI=1S/C12H17BrFNO/c1-2-6-16-7-5-15-9-10-8-11(13)3-4-12(10)14/h3-4,8,15H,2,5-7,9H2,1H3. The van der Waals surface area contributed by atoms with Crippen LogP contribution in [0.3, 0.4) is 0 Å². The van der Waals surface area contributed by atoms with Crippen LogP contribution in [0.2, 0.25) is 0 Å². The molecule has 0 saturated carbocycles. The molecule has 0 atom stereocenters. The van der Waals surface area contributed by atoms with E-state index in [1.54, 1.807) is 12.1 Å². The fraction of sp³-hybridized carbons (Fsp3) is 0.500. The Kier molecular flexibility index (Phi) is 6.61. The highest BCUT2D eigenvalue weighted by molar-refractivity contribution is 9.10. The molecule has 0 aliphatic rings. The zero-order chi connectivity index (χ0) is 11.8. The van der Waals surface area contributed by atoms with E-state index in [1.807, 2.05) is 0 Å². The zero-order valence-electron chi connectivity index (χ0n) is 9.43. The quantitative estimate of drug-likeness (QED) is 0.779. The van der Waals surface area contributed by atoms with Crippen LogP contribution in [-0.4, -0.2) is 19.8 Å². The lowest BCUT2D eigenvalue weighted by Crippen LogP contribution is -2.20. The maximum Gasteiger partial charge on any atom is 0.127 e. The molecule has 2 nitrogen and oxygen atoms in total. The maximum absolute atomic E-state index is 13.3. The van der Waals surface area contributed by atoms with E-state index in [-0.39, 0.29) is 5.82 Å². The molecule has 1 aromatic carbocycles. The smallest absolute Gasteiger partial charge is 0.127 e. The van der Waals surface area contributed by atoms with Gasteiger partial charge in [0.05, 0.1) is 6.61 Å². The topological polar surface area (TPSA) is 21.3 Å². The molecule has 1 aromatic rings. The van der Waals surface area contributed by atoms with Crippen LogP contribution in [0.5, 0.6) is 0 Å². The molecular formula is C12H17BrFNO. The first-order valence-electron chi connectivity index (χ1n) is 5.46. The molecule has 0 bridgehead atoms. The Hall–Kier alpha value is -0.450. The molecule has 0 heterocycles. The van der Waals surface area contributed by atoms with Gasteiger partial charge in [0.2, 0.25) is 0 Å². The Morgan fingerprint density at radius 1 is 1.38 bits per heavy atom. The van der Waals surface area contributed by atoms with Crippen molar-refractivity contribution in [1.29, 1.82) is 0 Å². The second kappa shape index (κ2) is 7.76. The second-order valence-corrected chi connectivity index (χ2v) is 4.44. The molecule has 1 rings (SSSR count). The summed E-state index contributed by atoms with van der Waals surface area (Å²) in [5.74, 6) is -0.176. The van der Waals surface area contributed by atoms with E-state index in [1.165, 1.54) is 6.07 Å². The van der Waals surface area contributed by atoms with Gasteiger partial charge in [-0.2, -0.15) is 0 Å². The Balaban J connectivity index is 2.23. The monoisotopic (exact) mass is 289 g/mol. The van der Waals surface area contributed by atoms with Gasteiger partial charge in [0, 0.05) is 29.7 Å². The van der Waals surface area contributed by atoms with Crippen molar-refractivity contribution in [3.63, 3.8) is 0 Å². The molecule has 0 aliphatic heterocycles. The molecule has 0 radical (unpaired) electrons. The van der Waals surface area contributed by atoms with Crippen LogP contribution in [-0.2, 0) is 11.3 Å². The van der Waals surface area contributed by atoms with Gasteiger partial charge in [-0.05, 0) is 24.6 Å². The summed E-state index contributed by atoms with van der Waals surface area (Å²) >= 11 is 3.32. The van der Waals surface area contributed by atoms with Crippen LogP contribution in [0.4, 0.5) is 4.39 Å². The van der Waals surface area contributed by atoms with E-state index in [2.05, 4.69) is 28.2 Å². The van der Waals surface area contributed by atoms with Crippen LogP contribution >= 0.6 is 15.9 Å². The molecule has 0 saturated heterocycles. The lowest BCUT2D eigenvalue weighted by Gasteiger charge is -2.07. The van der Waals surface area contributed by atoms with Crippen molar-refractivity contribution >= 4 is 15.9 Å². The highest BCUT2D eigenvalue weighted by Gasteiger charge is 2.01.